The van der Waals surface area contributed by atoms with E-state index in [1.165, 1.54) is 0 Å². The number of aromatic nitrogens is 2. The number of pyridine rings is 1. The number of amides is 1. The molecule has 3 aromatic rings. The molecular weight excluding hydrogens is 330 g/mol. The van der Waals surface area contributed by atoms with Crippen molar-refractivity contribution in [2.45, 2.75) is 20.3 Å². The van der Waals surface area contributed by atoms with Crippen LogP contribution in [-0.2, 0) is 11.2 Å². The second-order valence-electron chi connectivity index (χ2n) is 5.51. The number of halogens is 1. The number of hydrogen-bond acceptors (Lipinski definition) is 5. The Balaban J connectivity index is 2.26. The lowest BCUT2D eigenvalue weighted by atomic mass is 10.00. The summed E-state index contributed by atoms with van der Waals surface area (Å²) in [6, 6.07) is 3.68. The predicted octanol–water partition coefficient (Wildman–Crippen LogP) is 3.20. The topological polar surface area (TPSA) is 91.2 Å². The van der Waals surface area contributed by atoms with Crippen LogP contribution in [0, 0.1) is 13.8 Å². The molecule has 0 aliphatic rings. The van der Waals surface area contributed by atoms with Crippen LogP contribution in [0.4, 0.5) is 0 Å². The maximum absolute atomic E-state index is 11.2. The van der Waals surface area contributed by atoms with Crippen molar-refractivity contribution in [3.8, 4) is 16.9 Å². The minimum atomic E-state index is -0.461. The van der Waals surface area contributed by atoms with Crippen molar-refractivity contribution in [2.75, 3.05) is 7.11 Å². The van der Waals surface area contributed by atoms with Crippen molar-refractivity contribution in [2.24, 2.45) is 5.73 Å². The minimum Gasteiger partial charge on any atom is -0.496 e. The maximum Gasteiger partial charge on any atom is 0.221 e. The van der Waals surface area contributed by atoms with Gasteiger partial charge >= 0.3 is 0 Å². The van der Waals surface area contributed by atoms with E-state index in [0.29, 0.717) is 33.0 Å². The average molecular weight is 346 g/mol. The summed E-state index contributed by atoms with van der Waals surface area (Å²) in [7, 11) is 1.58. The highest BCUT2D eigenvalue weighted by atomic mass is 35.5. The van der Waals surface area contributed by atoms with E-state index in [-0.39, 0.29) is 6.42 Å². The zero-order valence-electron chi connectivity index (χ0n) is 13.5. The number of primary amides is 1. The number of ether oxygens (including phenoxy) is 1. The molecule has 0 saturated carbocycles. The molecule has 0 spiro atoms. The Hall–Kier alpha value is -2.60. The Morgan fingerprint density at radius 1 is 1.38 bits per heavy atom. The van der Waals surface area contributed by atoms with Crippen molar-refractivity contribution < 1.29 is 14.1 Å². The van der Waals surface area contributed by atoms with Gasteiger partial charge in [0.2, 0.25) is 5.91 Å². The predicted molar refractivity (Wildman–Crippen MR) is 91.2 cm³/mol. The molecule has 2 heterocycles. The summed E-state index contributed by atoms with van der Waals surface area (Å²) >= 11 is 6.42. The number of hydrogen-bond donors (Lipinski definition) is 1. The lowest BCUT2D eigenvalue weighted by Crippen LogP contribution is -2.14. The zero-order chi connectivity index (χ0) is 17.4. The summed E-state index contributed by atoms with van der Waals surface area (Å²) in [5.74, 6) is 0.857. The number of benzene rings is 1. The largest absolute Gasteiger partial charge is 0.496 e. The molecule has 0 bridgehead atoms. The Morgan fingerprint density at radius 3 is 2.71 bits per heavy atom. The number of rotatable bonds is 4. The van der Waals surface area contributed by atoms with E-state index in [9.17, 15) is 4.79 Å². The summed E-state index contributed by atoms with van der Waals surface area (Å²) in [4.78, 5) is 15.6. The van der Waals surface area contributed by atoms with E-state index in [4.69, 9.17) is 26.6 Å². The van der Waals surface area contributed by atoms with Gasteiger partial charge in [-0.25, -0.2) is 0 Å². The third-order valence-corrected chi connectivity index (χ3v) is 4.31. The van der Waals surface area contributed by atoms with Crippen LogP contribution in [0.5, 0.6) is 5.75 Å². The van der Waals surface area contributed by atoms with Crippen LogP contribution in [0.15, 0.2) is 22.9 Å². The normalized spacial score (nSPS) is 11.0. The third kappa shape index (κ3) is 2.69. The Labute approximate surface area is 143 Å². The summed E-state index contributed by atoms with van der Waals surface area (Å²) in [5, 5.41) is 5.13. The monoisotopic (exact) mass is 345 g/mol. The second kappa shape index (κ2) is 6.13. The van der Waals surface area contributed by atoms with Gasteiger partial charge in [0.25, 0.3) is 0 Å². The number of fused-ring (bicyclic) bond motifs is 1. The van der Waals surface area contributed by atoms with Gasteiger partial charge in [-0.2, -0.15) is 0 Å². The van der Waals surface area contributed by atoms with Crippen LogP contribution in [0.2, 0.25) is 5.02 Å². The fourth-order valence-corrected chi connectivity index (χ4v) is 3.04. The molecule has 1 aromatic carbocycles. The SMILES string of the molecule is COc1cc2c(Cl)c(CC(N)=O)cnc2cc1-c1c(C)noc1C. The molecular formula is C17H16ClN3O3. The number of carbonyl (C=O) groups is 1. The van der Waals surface area contributed by atoms with Crippen LogP contribution in [-0.4, -0.2) is 23.2 Å². The molecule has 0 atom stereocenters. The van der Waals surface area contributed by atoms with E-state index in [2.05, 4.69) is 10.1 Å². The van der Waals surface area contributed by atoms with Crippen molar-refractivity contribution in [3.63, 3.8) is 0 Å². The van der Waals surface area contributed by atoms with E-state index >= 15 is 0 Å². The first-order valence-corrected chi connectivity index (χ1v) is 7.66. The minimum absolute atomic E-state index is 0.0374. The van der Waals surface area contributed by atoms with Crippen LogP contribution >= 0.6 is 11.6 Å². The molecule has 2 N–H and O–H groups in total. The van der Waals surface area contributed by atoms with Crippen molar-refractivity contribution in [3.05, 3.63) is 40.4 Å². The molecule has 0 unspecified atom stereocenters. The quantitative estimate of drug-likeness (QED) is 0.784. The molecule has 0 saturated heterocycles. The number of nitrogens with zero attached hydrogens (tertiary/aromatic N) is 2. The van der Waals surface area contributed by atoms with Gasteiger partial charge in [0.15, 0.2) is 0 Å². The van der Waals surface area contributed by atoms with Gasteiger partial charge in [-0.15, -0.1) is 0 Å². The first kappa shape index (κ1) is 16.3. The first-order chi connectivity index (χ1) is 11.4. The maximum atomic E-state index is 11.2. The van der Waals surface area contributed by atoms with E-state index < -0.39 is 5.91 Å². The van der Waals surface area contributed by atoms with Gasteiger partial charge in [-0.1, -0.05) is 16.8 Å². The second-order valence-corrected chi connectivity index (χ2v) is 5.89. The number of nitrogens with two attached hydrogens (primary N) is 1. The van der Waals surface area contributed by atoms with E-state index in [0.717, 1.165) is 16.8 Å². The summed E-state index contributed by atoms with van der Waals surface area (Å²) < 4.78 is 10.8. The van der Waals surface area contributed by atoms with Gasteiger partial charge in [0.05, 0.1) is 35.3 Å². The Kier molecular flexibility index (Phi) is 4.15. The van der Waals surface area contributed by atoms with Crippen LogP contribution in [0.3, 0.4) is 0 Å². The zero-order valence-corrected chi connectivity index (χ0v) is 14.3. The first-order valence-electron chi connectivity index (χ1n) is 7.29. The Morgan fingerprint density at radius 2 is 2.12 bits per heavy atom. The fraction of sp³-hybridized carbons (Fsp3) is 0.235. The summed E-state index contributed by atoms with van der Waals surface area (Å²) in [6.45, 7) is 3.71. The van der Waals surface area contributed by atoms with Crippen molar-refractivity contribution >= 4 is 28.4 Å². The highest BCUT2D eigenvalue weighted by molar-refractivity contribution is 6.36. The number of aryl methyl sites for hydroxylation is 2. The molecule has 0 radical (unpaired) electrons. The molecule has 124 valence electrons. The molecule has 1 amide bonds. The lowest BCUT2D eigenvalue weighted by Gasteiger charge is -2.12. The third-order valence-electron chi connectivity index (χ3n) is 3.86. The molecule has 7 heteroatoms. The average Bonchev–Trinajstić information content (AvgIpc) is 2.87. The molecule has 24 heavy (non-hydrogen) atoms. The van der Waals surface area contributed by atoms with Crippen molar-refractivity contribution in [1.82, 2.24) is 10.1 Å². The fourth-order valence-electron chi connectivity index (χ4n) is 2.77. The molecule has 6 nitrogen and oxygen atoms in total. The molecule has 3 rings (SSSR count). The molecule has 0 fully saturated rings. The van der Waals surface area contributed by atoms with Gasteiger partial charge in [-0.3, -0.25) is 9.78 Å². The van der Waals surface area contributed by atoms with Crippen LogP contribution in [0.1, 0.15) is 17.0 Å². The molecule has 0 aliphatic carbocycles. The van der Waals surface area contributed by atoms with Gasteiger partial charge in [0.1, 0.15) is 11.5 Å². The van der Waals surface area contributed by atoms with Gasteiger partial charge < -0.3 is 15.0 Å². The van der Waals surface area contributed by atoms with Gasteiger partial charge in [-0.05, 0) is 31.5 Å². The molecule has 0 aliphatic heterocycles. The number of carbonyl (C=O) groups excluding carboxylic acids is 1. The summed E-state index contributed by atoms with van der Waals surface area (Å²) in [6.07, 6.45) is 1.61. The highest BCUT2D eigenvalue weighted by Crippen LogP contribution is 2.39. The molecule has 2 aromatic heterocycles. The lowest BCUT2D eigenvalue weighted by molar-refractivity contribution is -0.117. The highest BCUT2D eigenvalue weighted by Gasteiger charge is 2.19. The number of methoxy groups -OCH3 is 1. The standard InChI is InChI=1S/C17H16ClN3O3/c1-8-16(9(2)24-21-8)12-5-13-11(6-14(12)23-3)17(18)10(7-20-13)4-15(19)22/h5-7H,4H2,1-3H3,(H2,19,22). The Bertz CT molecular complexity index is 930. The van der Waals surface area contributed by atoms with Gasteiger partial charge in [0, 0.05) is 17.1 Å². The van der Waals surface area contributed by atoms with E-state index in [1.807, 2.05) is 19.9 Å². The van der Waals surface area contributed by atoms with Crippen LogP contribution in [0.25, 0.3) is 22.0 Å². The van der Waals surface area contributed by atoms with Crippen LogP contribution < -0.4 is 10.5 Å². The van der Waals surface area contributed by atoms with Crippen molar-refractivity contribution in [1.29, 1.82) is 0 Å². The summed E-state index contributed by atoms with van der Waals surface area (Å²) in [5.41, 5.74) is 8.98. The smallest absolute Gasteiger partial charge is 0.221 e. The van der Waals surface area contributed by atoms with E-state index in [1.54, 1.807) is 19.4 Å².